The quantitative estimate of drug-likeness (QED) is 0.739. The van der Waals surface area contributed by atoms with Gasteiger partial charge in [0.25, 0.3) is 0 Å². The van der Waals surface area contributed by atoms with Gasteiger partial charge in [-0.25, -0.2) is 8.42 Å². The molecule has 0 aromatic carbocycles. The summed E-state index contributed by atoms with van der Waals surface area (Å²) >= 11 is 0. The van der Waals surface area contributed by atoms with E-state index < -0.39 is 10.0 Å². The lowest BCUT2D eigenvalue weighted by Gasteiger charge is -2.20. The topological polar surface area (TPSA) is 66.9 Å². The van der Waals surface area contributed by atoms with E-state index in [0.717, 1.165) is 32.4 Å². The predicted molar refractivity (Wildman–Crippen MR) is 73.6 cm³/mol. The van der Waals surface area contributed by atoms with E-state index in [1.165, 1.54) is 10.6 Å². The number of rotatable bonds is 3. The average Bonchev–Trinajstić information content (AvgIpc) is 3.01. The molecule has 0 saturated carbocycles. The molecule has 20 heavy (non-hydrogen) atoms. The van der Waals surface area contributed by atoms with Crippen molar-refractivity contribution in [1.82, 2.24) is 9.21 Å². The van der Waals surface area contributed by atoms with Gasteiger partial charge in [-0.15, -0.1) is 0 Å². The summed E-state index contributed by atoms with van der Waals surface area (Å²) in [6, 6.07) is 0. The van der Waals surface area contributed by atoms with Gasteiger partial charge >= 0.3 is 0 Å². The summed E-state index contributed by atoms with van der Waals surface area (Å²) in [4.78, 5) is 14.0. The Morgan fingerprint density at radius 2 is 1.95 bits per heavy atom. The number of carbonyl (C=O) groups excluding carboxylic acids is 1. The molecule has 0 aliphatic carbocycles. The number of nitrogens with zero attached hydrogens (tertiary/aromatic N) is 2. The number of sulfonamides is 1. The zero-order valence-electron chi connectivity index (χ0n) is 11.8. The van der Waals surface area contributed by atoms with Crippen molar-refractivity contribution in [3.05, 3.63) is 0 Å². The Morgan fingerprint density at radius 1 is 1.25 bits per heavy atom. The van der Waals surface area contributed by atoms with Crippen LogP contribution in [0.25, 0.3) is 0 Å². The summed E-state index contributed by atoms with van der Waals surface area (Å²) in [6.45, 7) is 2.73. The molecule has 0 aromatic heterocycles. The number of ether oxygens (including phenoxy) is 1. The summed E-state index contributed by atoms with van der Waals surface area (Å²) in [5, 5.41) is 0. The number of fused-ring (bicyclic) bond motifs is 1. The highest BCUT2D eigenvalue weighted by atomic mass is 32.2. The lowest BCUT2D eigenvalue weighted by Crippen LogP contribution is -2.33. The summed E-state index contributed by atoms with van der Waals surface area (Å²) in [7, 11) is -3.12. The minimum absolute atomic E-state index is 0.0268. The van der Waals surface area contributed by atoms with Crippen molar-refractivity contribution >= 4 is 15.9 Å². The van der Waals surface area contributed by atoms with Crippen molar-refractivity contribution in [1.29, 1.82) is 0 Å². The number of hydrogen-bond acceptors (Lipinski definition) is 4. The van der Waals surface area contributed by atoms with Crippen LogP contribution >= 0.6 is 0 Å². The lowest BCUT2D eigenvalue weighted by molar-refractivity contribution is -0.132. The Balaban J connectivity index is 1.51. The van der Waals surface area contributed by atoms with Crippen LogP contribution in [0.2, 0.25) is 0 Å². The zero-order chi connectivity index (χ0) is 14.3. The van der Waals surface area contributed by atoms with Gasteiger partial charge in [0, 0.05) is 32.1 Å². The van der Waals surface area contributed by atoms with Gasteiger partial charge in [-0.05, 0) is 19.3 Å². The molecule has 3 aliphatic heterocycles. The molecule has 1 amide bonds. The second kappa shape index (κ2) is 5.27. The first-order chi connectivity index (χ1) is 9.43. The molecule has 3 rings (SSSR count). The first-order valence-electron chi connectivity index (χ1n) is 7.32. The highest BCUT2D eigenvalue weighted by molar-refractivity contribution is 7.88. The van der Waals surface area contributed by atoms with Crippen LogP contribution in [0.3, 0.4) is 0 Å². The molecule has 0 bridgehead atoms. The van der Waals surface area contributed by atoms with Gasteiger partial charge in [0.05, 0.1) is 24.9 Å². The van der Waals surface area contributed by atoms with Crippen molar-refractivity contribution < 1.29 is 17.9 Å². The molecule has 0 spiro atoms. The van der Waals surface area contributed by atoms with E-state index in [0.29, 0.717) is 19.5 Å². The average molecular weight is 302 g/mol. The van der Waals surface area contributed by atoms with Gasteiger partial charge < -0.3 is 9.64 Å². The molecule has 0 unspecified atom stereocenters. The maximum Gasteiger partial charge on any atom is 0.225 e. The first-order valence-corrected chi connectivity index (χ1v) is 9.16. The Hall–Kier alpha value is -0.660. The smallest absolute Gasteiger partial charge is 0.225 e. The fraction of sp³-hybridized carbons (Fsp3) is 0.923. The summed E-state index contributed by atoms with van der Waals surface area (Å²) in [5.74, 6) is 0.438. The van der Waals surface area contributed by atoms with Gasteiger partial charge in [0.15, 0.2) is 0 Å². The highest BCUT2D eigenvalue weighted by Gasteiger charge is 2.45. The van der Waals surface area contributed by atoms with E-state index >= 15 is 0 Å². The van der Waals surface area contributed by atoms with Crippen LogP contribution in [-0.4, -0.2) is 68.2 Å². The number of hydrogen-bond donors (Lipinski definition) is 0. The van der Waals surface area contributed by atoms with Gasteiger partial charge in [0.1, 0.15) is 0 Å². The SMILES string of the molecule is CS(=O)(=O)N1C[C@@H]2C[C@H](CC(=O)N3CCCC3)O[C@@H]2C1. The van der Waals surface area contributed by atoms with Crippen LogP contribution in [0.5, 0.6) is 0 Å². The molecule has 6 nitrogen and oxygen atoms in total. The maximum absolute atomic E-state index is 12.1. The van der Waals surface area contributed by atoms with Gasteiger partial charge in [-0.3, -0.25) is 4.79 Å². The molecular weight excluding hydrogens is 280 g/mol. The predicted octanol–water partition coefficient (Wildman–Crippen LogP) is 0.0478. The molecule has 3 heterocycles. The fourth-order valence-electron chi connectivity index (χ4n) is 3.52. The summed E-state index contributed by atoms with van der Waals surface area (Å²) in [6.07, 6.45) is 4.64. The third-order valence-corrected chi connectivity index (χ3v) is 5.85. The molecule has 7 heteroatoms. The number of carbonyl (C=O) groups is 1. The maximum atomic E-state index is 12.1. The van der Waals surface area contributed by atoms with Crippen molar-refractivity contribution in [2.24, 2.45) is 5.92 Å². The van der Waals surface area contributed by atoms with Crippen LogP contribution in [-0.2, 0) is 19.6 Å². The van der Waals surface area contributed by atoms with E-state index in [1.54, 1.807) is 0 Å². The van der Waals surface area contributed by atoms with Gasteiger partial charge in [-0.1, -0.05) is 0 Å². The van der Waals surface area contributed by atoms with Crippen molar-refractivity contribution in [3.8, 4) is 0 Å². The molecule has 0 aromatic rings. The van der Waals surface area contributed by atoms with Crippen molar-refractivity contribution in [2.45, 2.75) is 37.9 Å². The zero-order valence-corrected chi connectivity index (χ0v) is 12.6. The Bertz CT molecular complexity index is 473. The van der Waals surface area contributed by atoms with Crippen LogP contribution in [0.4, 0.5) is 0 Å². The Kier molecular flexibility index (Phi) is 3.77. The Morgan fingerprint density at radius 3 is 2.55 bits per heavy atom. The van der Waals surface area contributed by atoms with Crippen LogP contribution < -0.4 is 0 Å². The fourth-order valence-corrected chi connectivity index (χ4v) is 4.40. The van der Waals surface area contributed by atoms with E-state index in [-0.39, 0.29) is 24.0 Å². The second-order valence-corrected chi connectivity index (χ2v) is 8.15. The molecule has 0 N–H and O–H groups in total. The van der Waals surface area contributed by atoms with Crippen LogP contribution in [0.15, 0.2) is 0 Å². The molecule has 3 atom stereocenters. The minimum Gasteiger partial charge on any atom is -0.373 e. The van der Waals surface area contributed by atoms with Crippen LogP contribution in [0, 0.1) is 5.92 Å². The second-order valence-electron chi connectivity index (χ2n) is 6.16. The molecule has 114 valence electrons. The third-order valence-electron chi connectivity index (χ3n) is 4.61. The van der Waals surface area contributed by atoms with E-state index in [9.17, 15) is 13.2 Å². The first kappa shape index (κ1) is 14.3. The van der Waals surface area contributed by atoms with Crippen molar-refractivity contribution in [2.75, 3.05) is 32.4 Å². The largest absolute Gasteiger partial charge is 0.373 e. The normalized spacial score (nSPS) is 34.6. The van der Waals surface area contributed by atoms with E-state index in [2.05, 4.69) is 0 Å². The highest BCUT2D eigenvalue weighted by Crippen LogP contribution is 2.35. The molecule has 3 aliphatic rings. The standard InChI is InChI=1S/C13H22N2O4S/c1-20(17,18)15-8-10-6-11(19-12(10)9-15)7-13(16)14-4-2-3-5-14/h10-12H,2-9H2,1H3/t10-,11+,12+/m0/s1. The molecular formula is C13H22N2O4S. The van der Waals surface area contributed by atoms with Crippen LogP contribution in [0.1, 0.15) is 25.7 Å². The summed E-state index contributed by atoms with van der Waals surface area (Å²) in [5.41, 5.74) is 0. The number of likely N-dealkylation sites (tertiary alicyclic amines) is 1. The van der Waals surface area contributed by atoms with Crippen molar-refractivity contribution in [3.63, 3.8) is 0 Å². The van der Waals surface area contributed by atoms with Gasteiger partial charge in [0.2, 0.25) is 15.9 Å². The monoisotopic (exact) mass is 302 g/mol. The summed E-state index contributed by atoms with van der Waals surface area (Å²) < 4.78 is 30.4. The molecule has 0 radical (unpaired) electrons. The lowest BCUT2D eigenvalue weighted by atomic mass is 10.0. The third kappa shape index (κ3) is 2.84. The minimum atomic E-state index is -3.12. The van der Waals surface area contributed by atoms with Gasteiger partial charge in [-0.2, -0.15) is 4.31 Å². The Labute approximate surface area is 120 Å². The van der Waals surface area contributed by atoms with E-state index in [1.807, 2.05) is 4.90 Å². The number of amides is 1. The molecule has 3 fully saturated rings. The molecule has 3 saturated heterocycles. The van der Waals surface area contributed by atoms with E-state index in [4.69, 9.17) is 4.74 Å².